The van der Waals surface area contributed by atoms with Crippen molar-refractivity contribution in [2.45, 2.75) is 32.8 Å². The van der Waals surface area contributed by atoms with Gasteiger partial charge in [-0.2, -0.15) is 0 Å². The number of carboxylic acid groups (broad SMARTS) is 1. The molecule has 0 aliphatic carbocycles. The Morgan fingerprint density at radius 3 is 2.82 bits per heavy atom. The number of anilines is 1. The molecule has 2 N–H and O–H groups in total. The van der Waals surface area contributed by atoms with Crippen molar-refractivity contribution in [1.82, 2.24) is 0 Å². The van der Waals surface area contributed by atoms with Crippen molar-refractivity contribution in [2.75, 3.05) is 11.9 Å². The highest BCUT2D eigenvalue weighted by Gasteiger charge is 2.37. The van der Waals surface area contributed by atoms with Crippen LogP contribution in [0.25, 0.3) is 6.08 Å². The fourth-order valence-electron chi connectivity index (χ4n) is 1.98. The van der Waals surface area contributed by atoms with Crippen LogP contribution in [0.15, 0.2) is 18.2 Å². The van der Waals surface area contributed by atoms with Crippen molar-refractivity contribution in [1.29, 1.82) is 0 Å². The second kappa shape index (κ2) is 6.09. The quantitative estimate of drug-likeness (QED) is 0.817. The SMILES string of the molecule is CCCOc1cc(/C=C/C(=O)O)cc2c1OC(C)(C)C(=O)N2. The van der Waals surface area contributed by atoms with Gasteiger partial charge in [0.1, 0.15) is 0 Å². The Hall–Kier alpha value is -2.50. The van der Waals surface area contributed by atoms with E-state index in [0.29, 0.717) is 29.4 Å². The fraction of sp³-hybridized carbons (Fsp3) is 0.375. The number of hydrogen-bond acceptors (Lipinski definition) is 4. The minimum Gasteiger partial charge on any atom is -0.490 e. The highest BCUT2D eigenvalue weighted by atomic mass is 16.5. The van der Waals surface area contributed by atoms with Gasteiger partial charge >= 0.3 is 5.97 Å². The second-order valence-corrected chi connectivity index (χ2v) is 5.48. The van der Waals surface area contributed by atoms with Gasteiger partial charge < -0.3 is 19.9 Å². The highest BCUT2D eigenvalue weighted by molar-refractivity contribution is 6.01. The van der Waals surface area contributed by atoms with E-state index in [-0.39, 0.29) is 5.91 Å². The summed E-state index contributed by atoms with van der Waals surface area (Å²) in [6.45, 7) is 5.82. The molecule has 0 saturated heterocycles. The minimum absolute atomic E-state index is 0.263. The Balaban J connectivity index is 2.45. The standard InChI is InChI=1S/C16H19NO5/c1-4-7-21-12-9-10(5-6-13(18)19)8-11-14(12)22-16(2,3)15(20)17-11/h5-6,8-9H,4,7H2,1-3H3,(H,17,20)(H,18,19)/b6-5+. The maximum Gasteiger partial charge on any atom is 0.328 e. The van der Waals surface area contributed by atoms with Crippen molar-refractivity contribution < 1.29 is 24.2 Å². The van der Waals surface area contributed by atoms with Gasteiger partial charge in [-0.15, -0.1) is 0 Å². The molecular formula is C16H19NO5. The summed E-state index contributed by atoms with van der Waals surface area (Å²) in [4.78, 5) is 22.6. The first-order chi connectivity index (χ1) is 10.3. The molecule has 0 fully saturated rings. The number of rotatable bonds is 5. The lowest BCUT2D eigenvalue weighted by molar-refractivity contribution is -0.131. The molecule has 1 aliphatic rings. The number of ether oxygens (including phenoxy) is 2. The fourth-order valence-corrected chi connectivity index (χ4v) is 1.98. The number of carbonyl (C=O) groups excluding carboxylic acids is 1. The van der Waals surface area contributed by atoms with E-state index in [1.165, 1.54) is 6.08 Å². The molecule has 1 aromatic rings. The van der Waals surface area contributed by atoms with E-state index in [1.54, 1.807) is 26.0 Å². The molecule has 0 radical (unpaired) electrons. The van der Waals surface area contributed by atoms with E-state index in [1.807, 2.05) is 6.92 Å². The summed E-state index contributed by atoms with van der Waals surface area (Å²) in [5.41, 5.74) is 0.0919. The Morgan fingerprint density at radius 2 is 2.18 bits per heavy atom. The first-order valence-electron chi connectivity index (χ1n) is 7.06. The van der Waals surface area contributed by atoms with Gasteiger partial charge in [0, 0.05) is 6.08 Å². The molecule has 22 heavy (non-hydrogen) atoms. The van der Waals surface area contributed by atoms with Crippen molar-refractivity contribution in [2.24, 2.45) is 0 Å². The van der Waals surface area contributed by atoms with Crippen LogP contribution in [0.3, 0.4) is 0 Å². The monoisotopic (exact) mass is 305 g/mol. The number of carbonyl (C=O) groups is 2. The average molecular weight is 305 g/mol. The van der Waals surface area contributed by atoms with Crippen LogP contribution in [-0.4, -0.2) is 29.2 Å². The highest BCUT2D eigenvalue weighted by Crippen LogP contribution is 2.42. The molecule has 0 aromatic heterocycles. The Bertz CT molecular complexity index is 634. The lowest BCUT2D eigenvalue weighted by Crippen LogP contribution is -2.45. The van der Waals surface area contributed by atoms with Crippen LogP contribution in [0.1, 0.15) is 32.8 Å². The molecule has 0 bridgehead atoms. The molecule has 1 amide bonds. The first kappa shape index (κ1) is 15.9. The molecule has 0 saturated carbocycles. The second-order valence-electron chi connectivity index (χ2n) is 5.48. The number of benzene rings is 1. The van der Waals surface area contributed by atoms with E-state index in [9.17, 15) is 9.59 Å². The Labute approximate surface area is 128 Å². The van der Waals surface area contributed by atoms with Crippen LogP contribution in [0.5, 0.6) is 11.5 Å². The average Bonchev–Trinajstić information content (AvgIpc) is 2.44. The molecule has 1 aliphatic heterocycles. The molecule has 118 valence electrons. The third-order valence-electron chi connectivity index (χ3n) is 3.11. The maximum absolute atomic E-state index is 12.0. The van der Waals surface area contributed by atoms with Crippen molar-refractivity contribution in [3.05, 3.63) is 23.8 Å². The summed E-state index contributed by atoms with van der Waals surface area (Å²) >= 11 is 0. The molecule has 2 rings (SSSR count). The van der Waals surface area contributed by atoms with Gasteiger partial charge in [-0.1, -0.05) is 6.92 Å². The number of nitrogens with one attached hydrogen (secondary N) is 1. The van der Waals surface area contributed by atoms with Gasteiger partial charge in [0.25, 0.3) is 5.91 Å². The lowest BCUT2D eigenvalue weighted by atomic mass is 10.0. The van der Waals surface area contributed by atoms with Crippen LogP contribution in [0.2, 0.25) is 0 Å². The summed E-state index contributed by atoms with van der Waals surface area (Å²) in [5.74, 6) is -0.362. The third-order valence-corrected chi connectivity index (χ3v) is 3.11. The van der Waals surface area contributed by atoms with E-state index >= 15 is 0 Å². The van der Waals surface area contributed by atoms with Crippen molar-refractivity contribution in [3.63, 3.8) is 0 Å². The van der Waals surface area contributed by atoms with Crippen LogP contribution < -0.4 is 14.8 Å². The predicted molar refractivity (Wildman–Crippen MR) is 82.2 cm³/mol. The zero-order chi connectivity index (χ0) is 16.3. The molecule has 0 atom stereocenters. The first-order valence-corrected chi connectivity index (χ1v) is 7.06. The van der Waals surface area contributed by atoms with Gasteiger partial charge in [0.2, 0.25) is 0 Å². The molecule has 1 aromatic carbocycles. The molecule has 6 nitrogen and oxygen atoms in total. The largest absolute Gasteiger partial charge is 0.490 e. The molecule has 0 spiro atoms. The summed E-state index contributed by atoms with van der Waals surface area (Å²) < 4.78 is 11.4. The van der Waals surface area contributed by atoms with E-state index in [4.69, 9.17) is 14.6 Å². The zero-order valence-corrected chi connectivity index (χ0v) is 12.8. The van der Waals surface area contributed by atoms with E-state index in [2.05, 4.69) is 5.32 Å². The molecule has 0 unspecified atom stereocenters. The van der Waals surface area contributed by atoms with Gasteiger partial charge in [-0.05, 0) is 44.0 Å². The van der Waals surface area contributed by atoms with Crippen LogP contribution in [0.4, 0.5) is 5.69 Å². The summed E-state index contributed by atoms with van der Waals surface area (Å²) in [6, 6.07) is 3.35. The molecule has 1 heterocycles. The Morgan fingerprint density at radius 1 is 1.45 bits per heavy atom. The third kappa shape index (κ3) is 3.39. The van der Waals surface area contributed by atoms with Gasteiger partial charge in [0.15, 0.2) is 17.1 Å². The number of carboxylic acids is 1. The topological polar surface area (TPSA) is 84.9 Å². The van der Waals surface area contributed by atoms with Gasteiger partial charge in [0.05, 0.1) is 12.3 Å². The number of aliphatic carboxylic acids is 1. The summed E-state index contributed by atoms with van der Waals surface area (Å²) in [6.07, 6.45) is 3.29. The predicted octanol–water partition coefficient (Wildman–Crippen LogP) is 2.68. The van der Waals surface area contributed by atoms with Gasteiger partial charge in [-0.3, -0.25) is 4.79 Å². The molecule has 6 heteroatoms. The van der Waals surface area contributed by atoms with Crippen LogP contribution >= 0.6 is 0 Å². The minimum atomic E-state index is -1.05. The smallest absolute Gasteiger partial charge is 0.328 e. The molecular weight excluding hydrogens is 286 g/mol. The Kier molecular flexibility index (Phi) is 4.40. The van der Waals surface area contributed by atoms with Gasteiger partial charge in [-0.25, -0.2) is 4.79 Å². The lowest BCUT2D eigenvalue weighted by Gasteiger charge is -2.32. The van der Waals surface area contributed by atoms with Crippen LogP contribution in [0, 0.1) is 0 Å². The van der Waals surface area contributed by atoms with Crippen molar-refractivity contribution >= 4 is 23.6 Å². The number of fused-ring (bicyclic) bond motifs is 1. The number of hydrogen-bond donors (Lipinski definition) is 2. The summed E-state index contributed by atoms with van der Waals surface area (Å²) in [5, 5.41) is 11.5. The van der Waals surface area contributed by atoms with Crippen LogP contribution in [-0.2, 0) is 9.59 Å². The number of amides is 1. The van der Waals surface area contributed by atoms with E-state index in [0.717, 1.165) is 12.5 Å². The maximum atomic E-state index is 12.0. The van der Waals surface area contributed by atoms with Crippen molar-refractivity contribution in [3.8, 4) is 11.5 Å². The van der Waals surface area contributed by atoms with E-state index < -0.39 is 11.6 Å². The zero-order valence-electron chi connectivity index (χ0n) is 12.8. The normalized spacial score (nSPS) is 15.9. The summed E-state index contributed by atoms with van der Waals surface area (Å²) in [7, 11) is 0.